The van der Waals surface area contributed by atoms with E-state index in [9.17, 15) is 4.79 Å². The Morgan fingerprint density at radius 3 is 2.29 bits per heavy atom. The van der Waals surface area contributed by atoms with E-state index in [1.807, 2.05) is 42.6 Å². The second kappa shape index (κ2) is 5.96. The molecule has 1 heterocycles. The predicted molar refractivity (Wildman–Crippen MR) is 85.5 cm³/mol. The first-order valence-electron chi connectivity index (χ1n) is 7.34. The Hall–Kier alpha value is -2.35. The van der Waals surface area contributed by atoms with E-state index >= 15 is 0 Å². The maximum atomic E-state index is 12.3. The van der Waals surface area contributed by atoms with E-state index in [2.05, 4.69) is 36.1 Å². The molecule has 0 fully saturated rings. The molecule has 1 aliphatic rings. The van der Waals surface area contributed by atoms with Gasteiger partial charge in [-0.15, -0.1) is 0 Å². The minimum atomic E-state index is 0.234. The van der Waals surface area contributed by atoms with Crippen LogP contribution in [0.5, 0.6) is 0 Å². The molecule has 0 saturated heterocycles. The molecule has 0 saturated carbocycles. The van der Waals surface area contributed by atoms with Crippen LogP contribution in [0.15, 0.2) is 66.9 Å². The molecule has 0 aromatic heterocycles. The van der Waals surface area contributed by atoms with E-state index in [0.29, 0.717) is 6.42 Å². The molecule has 2 heteroatoms. The summed E-state index contributed by atoms with van der Waals surface area (Å²) in [5.41, 5.74) is 3.10. The number of carbonyl (C=O) groups excluding carboxylic acids is 1. The highest BCUT2D eigenvalue weighted by atomic mass is 16.1. The third-order valence-electron chi connectivity index (χ3n) is 3.94. The zero-order valence-electron chi connectivity index (χ0n) is 12.2. The van der Waals surface area contributed by atoms with Crippen molar-refractivity contribution < 1.29 is 4.79 Å². The van der Waals surface area contributed by atoms with Gasteiger partial charge in [-0.1, -0.05) is 60.7 Å². The Kier molecular flexibility index (Phi) is 3.87. The SMILES string of the molecule is CC1CC(=O)C(c2ccccc2)=CN1Cc1ccccc1. The van der Waals surface area contributed by atoms with Gasteiger partial charge in [-0.25, -0.2) is 0 Å². The molecule has 2 aromatic carbocycles. The van der Waals surface area contributed by atoms with Gasteiger partial charge in [0.25, 0.3) is 0 Å². The summed E-state index contributed by atoms with van der Waals surface area (Å²) in [6.07, 6.45) is 2.60. The molecule has 21 heavy (non-hydrogen) atoms. The summed E-state index contributed by atoms with van der Waals surface area (Å²) >= 11 is 0. The molecular formula is C19H19NO. The number of allylic oxidation sites excluding steroid dienone is 1. The first-order valence-corrected chi connectivity index (χ1v) is 7.34. The summed E-state index contributed by atoms with van der Waals surface area (Å²) in [6, 6.07) is 20.5. The van der Waals surface area contributed by atoms with Gasteiger partial charge in [-0.3, -0.25) is 4.79 Å². The fraction of sp³-hybridized carbons (Fsp3) is 0.211. The quantitative estimate of drug-likeness (QED) is 0.848. The predicted octanol–water partition coefficient (Wildman–Crippen LogP) is 3.89. The smallest absolute Gasteiger partial charge is 0.166 e. The Morgan fingerprint density at radius 2 is 1.62 bits per heavy atom. The number of Topliss-reactive ketones (excluding diaryl/α,β-unsaturated/α-hetero) is 1. The summed E-state index contributed by atoms with van der Waals surface area (Å²) < 4.78 is 0. The summed E-state index contributed by atoms with van der Waals surface area (Å²) in [7, 11) is 0. The lowest BCUT2D eigenvalue weighted by atomic mass is 9.94. The number of hydrogen-bond acceptors (Lipinski definition) is 2. The number of nitrogens with zero attached hydrogens (tertiary/aromatic N) is 1. The number of rotatable bonds is 3. The van der Waals surface area contributed by atoms with Crippen molar-refractivity contribution in [1.29, 1.82) is 0 Å². The monoisotopic (exact) mass is 277 g/mol. The van der Waals surface area contributed by atoms with Crippen LogP contribution in [0.1, 0.15) is 24.5 Å². The number of carbonyl (C=O) groups is 1. The van der Waals surface area contributed by atoms with Crippen LogP contribution in [0.4, 0.5) is 0 Å². The molecule has 0 N–H and O–H groups in total. The van der Waals surface area contributed by atoms with Crippen LogP contribution in [0.2, 0.25) is 0 Å². The molecule has 1 unspecified atom stereocenters. The minimum absolute atomic E-state index is 0.234. The van der Waals surface area contributed by atoms with E-state index in [4.69, 9.17) is 0 Å². The first kappa shape index (κ1) is 13.6. The van der Waals surface area contributed by atoms with Crippen molar-refractivity contribution in [2.75, 3.05) is 0 Å². The largest absolute Gasteiger partial charge is 0.369 e. The summed E-state index contributed by atoms with van der Waals surface area (Å²) in [6.45, 7) is 2.95. The number of hydrogen-bond donors (Lipinski definition) is 0. The van der Waals surface area contributed by atoms with Crippen LogP contribution in [-0.4, -0.2) is 16.7 Å². The third kappa shape index (κ3) is 3.05. The lowest BCUT2D eigenvalue weighted by molar-refractivity contribution is -0.115. The van der Waals surface area contributed by atoms with Gasteiger partial charge in [-0.05, 0) is 18.1 Å². The molecule has 0 bridgehead atoms. The maximum Gasteiger partial charge on any atom is 0.166 e. The van der Waals surface area contributed by atoms with Crippen LogP contribution < -0.4 is 0 Å². The van der Waals surface area contributed by atoms with Crippen LogP contribution in [0.25, 0.3) is 5.57 Å². The van der Waals surface area contributed by atoms with Crippen molar-refractivity contribution in [3.63, 3.8) is 0 Å². The standard InChI is InChI=1S/C19H19NO/c1-15-12-19(21)18(17-10-6-3-7-11-17)14-20(15)13-16-8-4-2-5-9-16/h2-11,14-15H,12-13H2,1H3. The van der Waals surface area contributed by atoms with E-state index in [1.165, 1.54) is 5.56 Å². The number of ketones is 1. The second-order valence-corrected chi connectivity index (χ2v) is 5.54. The molecule has 2 aromatic rings. The average molecular weight is 277 g/mol. The highest BCUT2D eigenvalue weighted by Crippen LogP contribution is 2.26. The van der Waals surface area contributed by atoms with Crippen molar-refractivity contribution in [2.45, 2.75) is 25.9 Å². The Labute approximate surface area is 125 Å². The third-order valence-corrected chi connectivity index (χ3v) is 3.94. The molecule has 0 amide bonds. The lowest BCUT2D eigenvalue weighted by Crippen LogP contribution is -2.34. The molecule has 2 nitrogen and oxygen atoms in total. The highest BCUT2D eigenvalue weighted by Gasteiger charge is 2.25. The second-order valence-electron chi connectivity index (χ2n) is 5.54. The van der Waals surface area contributed by atoms with Gasteiger partial charge in [0.2, 0.25) is 0 Å². The fourth-order valence-corrected chi connectivity index (χ4v) is 2.71. The zero-order chi connectivity index (χ0) is 14.7. The Morgan fingerprint density at radius 1 is 1.00 bits per heavy atom. The Balaban J connectivity index is 1.89. The highest BCUT2D eigenvalue weighted by molar-refractivity contribution is 6.21. The molecule has 0 aliphatic carbocycles. The van der Waals surface area contributed by atoms with E-state index < -0.39 is 0 Å². The van der Waals surface area contributed by atoms with Gasteiger partial charge in [0.15, 0.2) is 5.78 Å². The average Bonchev–Trinajstić information content (AvgIpc) is 2.52. The molecule has 0 radical (unpaired) electrons. The van der Waals surface area contributed by atoms with Crippen LogP contribution >= 0.6 is 0 Å². The van der Waals surface area contributed by atoms with Gasteiger partial charge in [-0.2, -0.15) is 0 Å². The van der Waals surface area contributed by atoms with Crippen molar-refractivity contribution in [3.05, 3.63) is 78.0 Å². The van der Waals surface area contributed by atoms with Gasteiger partial charge >= 0.3 is 0 Å². The van der Waals surface area contributed by atoms with Crippen LogP contribution in [-0.2, 0) is 11.3 Å². The molecule has 1 aliphatic heterocycles. The lowest BCUT2D eigenvalue weighted by Gasteiger charge is -2.32. The molecule has 106 valence electrons. The van der Waals surface area contributed by atoms with Gasteiger partial charge in [0.1, 0.15) is 0 Å². The van der Waals surface area contributed by atoms with Gasteiger partial charge < -0.3 is 4.90 Å². The summed E-state index contributed by atoms with van der Waals surface area (Å²) in [4.78, 5) is 14.6. The molecule has 0 spiro atoms. The number of benzene rings is 2. The Bertz CT molecular complexity index is 646. The van der Waals surface area contributed by atoms with Gasteiger partial charge in [0, 0.05) is 30.8 Å². The van der Waals surface area contributed by atoms with Crippen molar-refractivity contribution in [1.82, 2.24) is 4.90 Å². The molecule has 3 rings (SSSR count). The van der Waals surface area contributed by atoms with E-state index in [0.717, 1.165) is 17.7 Å². The molecular weight excluding hydrogens is 258 g/mol. The molecule has 1 atom stereocenters. The van der Waals surface area contributed by atoms with Crippen LogP contribution in [0, 0.1) is 0 Å². The summed E-state index contributed by atoms with van der Waals surface area (Å²) in [5, 5.41) is 0. The van der Waals surface area contributed by atoms with E-state index in [1.54, 1.807) is 0 Å². The maximum absolute atomic E-state index is 12.3. The van der Waals surface area contributed by atoms with E-state index in [-0.39, 0.29) is 11.8 Å². The topological polar surface area (TPSA) is 20.3 Å². The normalized spacial score (nSPS) is 18.5. The zero-order valence-corrected chi connectivity index (χ0v) is 12.2. The van der Waals surface area contributed by atoms with Crippen molar-refractivity contribution in [2.24, 2.45) is 0 Å². The van der Waals surface area contributed by atoms with Crippen molar-refractivity contribution in [3.8, 4) is 0 Å². The van der Waals surface area contributed by atoms with Crippen molar-refractivity contribution >= 4 is 11.4 Å². The van der Waals surface area contributed by atoms with Gasteiger partial charge in [0.05, 0.1) is 0 Å². The first-order chi connectivity index (χ1) is 10.2. The van der Waals surface area contributed by atoms with Crippen LogP contribution in [0.3, 0.4) is 0 Å². The fourth-order valence-electron chi connectivity index (χ4n) is 2.71. The summed E-state index contributed by atoms with van der Waals surface area (Å²) in [5.74, 6) is 0.234. The minimum Gasteiger partial charge on any atom is -0.369 e.